The van der Waals surface area contributed by atoms with Crippen LogP contribution in [0, 0.1) is 0 Å². The van der Waals surface area contributed by atoms with E-state index in [1.807, 2.05) is 36.1 Å². The number of aliphatic imine (C=N–C) groups is 1. The Kier molecular flexibility index (Phi) is 10.9. The number of aliphatic hydroxyl groups excluding tert-OH is 1. The molecule has 3 rings (SSSR count). The van der Waals surface area contributed by atoms with Gasteiger partial charge in [0.1, 0.15) is 12.6 Å². The molecule has 0 bridgehead atoms. The van der Waals surface area contributed by atoms with Crippen molar-refractivity contribution in [1.29, 1.82) is 0 Å². The molecule has 2 aromatic rings. The van der Waals surface area contributed by atoms with Crippen molar-refractivity contribution in [3.8, 4) is 0 Å². The van der Waals surface area contributed by atoms with Crippen LogP contribution < -0.4 is 15.5 Å². The molecule has 1 atom stereocenters. The number of carbonyl (C=O) groups excluding carboxylic acids is 1. The van der Waals surface area contributed by atoms with Crippen molar-refractivity contribution < 1.29 is 9.90 Å². The molecule has 0 saturated carbocycles. The van der Waals surface area contributed by atoms with Crippen LogP contribution in [0.3, 0.4) is 0 Å². The van der Waals surface area contributed by atoms with Gasteiger partial charge in [-0.2, -0.15) is 0 Å². The van der Waals surface area contributed by atoms with E-state index in [4.69, 9.17) is 11.6 Å². The van der Waals surface area contributed by atoms with Gasteiger partial charge in [-0.15, -0.1) is 35.3 Å². The van der Waals surface area contributed by atoms with Gasteiger partial charge in [-0.05, 0) is 31.2 Å². The van der Waals surface area contributed by atoms with Gasteiger partial charge in [0.2, 0.25) is 5.91 Å². The summed E-state index contributed by atoms with van der Waals surface area (Å²) in [5.41, 5.74) is 1.19. The van der Waals surface area contributed by atoms with Crippen LogP contribution in [0.25, 0.3) is 0 Å². The lowest BCUT2D eigenvalue weighted by atomic mass is 10.2. The second-order valence-electron chi connectivity index (χ2n) is 6.94. The van der Waals surface area contributed by atoms with E-state index in [2.05, 4.69) is 32.7 Å². The molecule has 1 fully saturated rings. The quantitative estimate of drug-likeness (QED) is 0.268. The van der Waals surface area contributed by atoms with Crippen molar-refractivity contribution in [1.82, 2.24) is 15.5 Å². The second-order valence-corrected chi connectivity index (χ2v) is 8.68. The van der Waals surface area contributed by atoms with Crippen LogP contribution in [0.1, 0.15) is 17.9 Å². The SMILES string of the molecule is CCNC(=NCC(=O)N1CCN(c2ccccc2)CC1)NCC(O)c1ccc(Cl)s1.I. The Labute approximate surface area is 209 Å². The molecule has 1 aromatic carbocycles. The average Bonchev–Trinajstić information content (AvgIpc) is 3.22. The number of amides is 1. The summed E-state index contributed by atoms with van der Waals surface area (Å²) in [5, 5.41) is 16.5. The van der Waals surface area contributed by atoms with Crippen molar-refractivity contribution in [3.05, 3.63) is 51.7 Å². The van der Waals surface area contributed by atoms with Gasteiger partial charge in [0, 0.05) is 49.8 Å². The van der Waals surface area contributed by atoms with Gasteiger partial charge >= 0.3 is 0 Å². The first-order valence-corrected chi connectivity index (χ1v) is 11.3. The zero-order valence-electron chi connectivity index (χ0n) is 17.5. The monoisotopic (exact) mass is 577 g/mol. The molecule has 1 saturated heterocycles. The number of nitrogens with zero attached hydrogens (tertiary/aromatic N) is 3. The average molecular weight is 578 g/mol. The number of guanidine groups is 1. The second kappa shape index (κ2) is 13.1. The molecule has 1 amide bonds. The fourth-order valence-corrected chi connectivity index (χ4v) is 4.29. The van der Waals surface area contributed by atoms with Crippen molar-refractivity contribution in [3.63, 3.8) is 0 Å². The first-order valence-electron chi connectivity index (χ1n) is 10.1. The molecule has 0 radical (unpaired) electrons. The van der Waals surface area contributed by atoms with E-state index in [9.17, 15) is 9.90 Å². The predicted molar refractivity (Wildman–Crippen MR) is 139 cm³/mol. The van der Waals surface area contributed by atoms with E-state index in [1.165, 1.54) is 17.0 Å². The topological polar surface area (TPSA) is 80.2 Å². The van der Waals surface area contributed by atoms with Gasteiger partial charge in [-0.1, -0.05) is 29.8 Å². The predicted octanol–water partition coefficient (Wildman–Crippen LogP) is 2.96. The molecule has 1 aliphatic rings. The minimum Gasteiger partial charge on any atom is -0.386 e. The number of hydrogen-bond acceptors (Lipinski definition) is 5. The lowest BCUT2D eigenvalue weighted by Gasteiger charge is -2.36. The van der Waals surface area contributed by atoms with E-state index in [0.29, 0.717) is 29.9 Å². The van der Waals surface area contributed by atoms with Gasteiger partial charge < -0.3 is 25.5 Å². The third kappa shape index (κ3) is 7.81. The van der Waals surface area contributed by atoms with E-state index in [0.717, 1.165) is 18.0 Å². The molecule has 170 valence electrons. The molecule has 2 heterocycles. The Balaban J connectivity index is 0.00000341. The molecule has 0 spiro atoms. The van der Waals surface area contributed by atoms with E-state index >= 15 is 0 Å². The number of rotatable bonds is 7. The van der Waals surface area contributed by atoms with Gasteiger partial charge in [0.05, 0.1) is 4.34 Å². The Bertz CT molecular complexity index is 843. The third-order valence-corrected chi connectivity index (χ3v) is 6.19. The highest BCUT2D eigenvalue weighted by molar-refractivity contribution is 14.0. The van der Waals surface area contributed by atoms with Crippen LogP contribution in [0.4, 0.5) is 5.69 Å². The van der Waals surface area contributed by atoms with Gasteiger partial charge in [-0.25, -0.2) is 4.99 Å². The van der Waals surface area contributed by atoms with Crippen LogP contribution in [-0.2, 0) is 4.79 Å². The summed E-state index contributed by atoms with van der Waals surface area (Å²) in [5.74, 6) is 0.515. The minimum absolute atomic E-state index is 0. The number of thiophene rings is 1. The fraction of sp³-hybridized carbons (Fsp3) is 0.429. The van der Waals surface area contributed by atoms with Crippen molar-refractivity contribution in [2.45, 2.75) is 13.0 Å². The maximum absolute atomic E-state index is 12.6. The Hall–Kier alpha value is -1.56. The normalized spacial score (nSPS) is 15.3. The highest BCUT2D eigenvalue weighted by atomic mass is 127. The van der Waals surface area contributed by atoms with Gasteiger partial charge in [0.15, 0.2) is 5.96 Å². The number of nitrogens with one attached hydrogen (secondary N) is 2. The molecule has 1 aromatic heterocycles. The summed E-state index contributed by atoms with van der Waals surface area (Å²) in [6.07, 6.45) is -0.687. The molecule has 1 unspecified atom stereocenters. The number of piperazine rings is 1. The molecular formula is C21H29ClIN5O2S. The number of carbonyl (C=O) groups is 1. The maximum atomic E-state index is 12.6. The fourth-order valence-electron chi connectivity index (χ4n) is 3.24. The summed E-state index contributed by atoms with van der Waals surface area (Å²) in [6.45, 7) is 5.97. The Morgan fingerprint density at radius 2 is 1.87 bits per heavy atom. The van der Waals surface area contributed by atoms with Gasteiger partial charge in [-0.3, -0.25) is 4.79 Å². The highest BCUT2D eigenvalue weighted by Crippen LogP contribution is 2.26. The zero-order chi connectivity index (χ0) is 21.3. The summed E-state index contributed by atoms with van der Waals surface area (Å²) >= 11 is 7.27. The summed E-state index contributed by atoms with van der Waals surface area (Å²) in [4.78, 5) is 21.9. The number of anilines is 1. The van der Waals surface area contributed by atoms with E-state index in [-0.39, 0.29) is 43.0 Å². The van der Waals surface area contributed by atoms with Crippen molar-refractivity contribution >= 4 is 64.5 Å². The zero-order valence-corrected chi connectivity index (χ0v) is 21.4. The lowest BCUT2D eigenvalue weighted by molar-refractivity contribution is -0.129. The first kappa shape index (κ1) is 25.7. The Morgan fingerprint density at radius 3 is 2.48 bits per heavy atom. The van der Waals surface area contributed by atoms with Crippen LogP contribution in [0.5, 0.6) is 0 Å². The minimum atomic E-state index is -0.687. The molecule has 0 aliphatic carbocycles. The summed E-state index contributed by atoms with van der Waals surface area (Å²) < 4.78 is 0.641. The highest BCUT2D eigenvalue weighted by Gasteiger charge is 2.21. The van der Waals surface area contributed by atoms with Crippen molar-refractivity contribution in [2.24, 2.45) is 4.99 Å². The molecule has 1 aliphatic heterocycles. The van der Waals surface area contributed by atoms with Crippen molar-refractivity contribution in [2.75, 3.05) is 50.7 Å². The smallest absolute Gasteiger partial charge is 0.244 e. The standard InChI is InChI=1S/C21H28ClN5O2S.HI/c1-2-23-21(24-14-17(28)18-8-9-19(22)30-18)25-15-20(29)27-12-10-26(11-13-27)16-6-4-3-5-7-16;/h3-9,17,28H,2,10-15H2,1H3,(H2,23,24,25);1H. The maximum Gasteiger partial charge on any atom is 0.244 e. The number of benzene rings is 1. The molecule has 31 heavy (non-hydrogen) atoms. The van der Waals surface area contributed by atoms with E-state index < -0.39 is 6.10 Å². The first-order chi connectivity index (χ1) is 14.6. The summed E-state index contributed by atoms with van der Waals surface area (Å²) in [6, 6.07) is 13.8. The molecular weight excluding hydrogens is 549 g/mol. The number of halogens is 2. The number of hydrogen-bond donors (Lipinski definition) is 3. The van der Waals surface area contributed by atoms with Gasteiger partial charge in [0.25, 0.3) is 0 Å². The molecule has 3 N–H and O–H groups in total. The number of para-hydroxylation sites is 1. The largest absolute Gasteiger partial charge is 0.386 e. The van der Waals surface area contributed by atoms with Crippen LogP contribution in [0.15, 0.2) is 47.5 Å². The summed E-state index contributed by atoms with van der Waals surface area (Å²) in [7, 11) is 0. The Morgan fingerprint density at radius 1 is 1.16 bits per heavy atom. The van der Waals surface area contributed by atoms with Crippen LogP contribution in [0.2, 0.25) is 4.34 Å². The number of aliphatic hydroxyl groups is 1. The van der Waals surface area contributed by atoms with E-state index in [1.54, 1.807) is 6.07 Å². The lowest BCUT2D eigenvalue weighted by Crippen LogP contribution is -2.49. The van der Waals surface area contributed by atoms with Crippen LogP contribution in [-0.4, -0.2) is 67.7 Å². The molecule has 10 heteroatoms. The van der Waals surface area contributed by atoms with Crippen LogP contribution >= 0.6 is 46.9 Å². The third-order valence-electron chi connectivity index (χ3n) is 4.86. The molecule has 7 nitrogen and oxygen atoms in total.